The van der Waals surface area contributed by atoms with E-state index in [0.717, 1.165) is 11.1 Å². The molecule has 0 atom stereocenters. The SMILES string of the molecule is CN(c1ccccc1)S(=O)(=O)c1cccc(NC(=O)Cn2cc(-c3ccccc3)cn2)c1. The molecule has 4 rings (SSSR count). The molecule has 0 fully saturated rings. The number of benzene rings is 3. The molecule has 0 saturated heterocycles. The molecule has 1 heterocycles. The first kappa shape index (κ1) is 21.3. The molecule has 1 N–H and O–H groups in total. The summed E-state index contributed by atoms with van der Waals surface area (Å²) in [5, 5.41) is 6.99. The number of carbonyl (C=O) groups is 1. The maximum Gasteiger partial charge on any atom is 0.264 e. The quantitative estimate of drug-likeness (QED) is 0.465. The predicted octanol–water partition coefficient (Wildman–Crippen LogP) is 4.01. The van der Waals surface area contributed by atoms with E-state index >= 15 is 0 Å². The van der Waals surface area contributed by atoms with Gasteiger partial charge in [-0.3, -0.25) is 13.8 Å². The van der Waals surface area contributed by atoms with Crippen LogP contribution in [0.3, 0.4) is 0 Å². The first-order valence-electron chi connectivity index (χ1n) is 9.95. The molecule has 1 amide bonds. The summed E-state index contributed by atoms with van der Waals surface area (Å²) < 4.78 is 28.8. The van der Waals surface area contributed by atoms with Gasteiger partial charge in [-0.1, -0.05) is 54.6 Å². The van der Waals surface area contributed by atoms with Crippen molar-refractivity contribution in [3.05, 3.63) is 97.3 Å². The van der Waals surface area contributed by atoms with Crippen LogP contribution in [-0.2, 0) is 21.4 Å². The zero-order valence-corrected chi connectivity index (χ0v) is 18.2. The van der Waals surface area contributed by atoms with Crippen molar-refractivity contribution < 1.29 is 13.2 Å². The number of sulfonamides is 1. The number of carbonyl (C=O) groups excluding carboxylic acids is 1. The Labute approximate surface area is 187 Å². The molecule has 0 aliphatic heterocycles. The Hall–Kier alpha value is -3.91. The summed E-state index contributed by atoms with van der Waals surface area (Å²) in [6.07, 6.45) is 3.50. The molecule has 0 unspecified atom stereocenters. The molecule has 0 saturated carbocycles. The lowest BCUT2D eigenvalue weighted by atomic mass is 10.1. The number of nitrogens with one attached hydrogen (secondary N) is 1. The lowest BCUT2D eigenvalue weighted by molar-refractivity contribution is -0.116. The van der Waals surface area contributed by atoms with E-state index in [2.05, 4.69) is 10.4 Å². The van der Waals surface area contributed by atoms with Gasteiger partial charge in [-0.05, 0) is 35.9 Å². The van der Waals surface area contributed by atoms with Gasteiger partial charge < -0.3 is 5.32 Å². The highest BCUT2D eigenvalue weighted by Gasteiger charge is 2.21. The van der Waals surface area contributed by atoms with Crippen molar-refractivity contribution in [1.82, 2.24) is 9.78 Å². The normalized spacial score (nSPS) is 11.2. The first-order valence-corrected chi connectivity index (χ1v) is 11.4. The summed E-state index contributed by atoms with van der Waals surface area (Å²) in [6, 6.07) is 24.8. The van der Waals surface area contributed by atoms with Crippen LogP contribution in [0.25, 0.3) is 11.1 Å². The van der Waals surface area contributed by atoms with Crippen molar-refractivity contribution >= 4 is 27.3 Å². The van der Waals surface area contributed by atoms with Gasteiger partial charge in [-0.15, -0.1) is 0 Å². The van der Waals surface area contributed by atoms with Gasteiger partial charge in [0.15, 0.2) is 0 Å². The smallest absolute Gasteiger partial charge is 0.264 e. The number of rotatable bonds is 7. The summed E-state index contributed by atoms with van der Waals surface area (Å²) in [5.74, 6) is -0.307. The summed E-state index contributed by atoms with van der Waals surface area (Å²) >= 11 is 0. The fraction of sp³-hybridized carbons (Fsp3) is 0.0833. The van der Waals surface area contributed by atoms with E-state index < -0.39 is 10.0 Å². The lowest BCUT2D eigenvalue weighted by Crippen LogP contribution is -2.26. The number of amides is 1. The average molecular weight is 447 g/mol. The molecule has 3 aromatic carbocycles. The highest BCUT2D eigenvalue weighted by molar-refractivity contribution is 7.92. The Morgan fingerprint density at radius 1 is 0.938 bits per heavy atom. The van der Waals surface area contributed by atoms with Crippen LogP contribution in [0.5, 0.6) is 0 Å². The Balaban J connectivity index is 1.46. The third-order valence-corrected chi connectivity index (χ3v) is 6.72. The van der Waals surface area contributed by atoms with Gasteiger partial charge in [0.2, 0.25) is 5.91 Å². The molecule has 0 spiro atoms. The topological polar surface area (TPSA) is 84.3 Å². The van der Waals surface area contributed by atoms with Gasteiger partial charge in [0, 0.05) is 24.5 Å². The van der Waals surface area contributed by atoms with E-state index in [9.17, 15) is 13.2 Å². The minimum absolute atomic E-state index is 0.00767. The van der Waals surface area contributed by atoms with Gasteiger partial charge in [-0.2, -0.15) is 5.10 Å². The van der Waals surface area contributed by atoms with E-state index in [1.54, 1.807) is 53.5 Å². The molecule has 0 bridgehead atoms. The Morgan fingerprint density at radius 3 is 2.34 bits per heavy atom. The number of para-hydroxylation sites is 1. The molecule has 0 radical (unpaired) electrons. The highest BCUT2D eigenvalue weighted by atomic mass is 32.2. The van der Waals surface area contributed by atoms with Gasteiger partial charge >= 0.3 is 0 Å². The van der Waals surface area contributed by atoms with Crippen molar-refractivity contribution in [2.45, 2.75) is 11.4 Å². The minimum Gasteiger partial charge on any atom is -0.324 e. The molecule has 7 nitrogen and oxygen atoms in total. The maximum absolute atomic E-state index is 13.0. The second-order valence-corrected chi connectivity index (χ2v) is 9.15. The molecular weight excluding hydrogens is 424 g/mol. The maximum atomic E-state index is 13.0. The Bertz CT molecular complexity index is 1320. The molecule has 32 heavy (non-hydrogen) atoms. The second kappa shape index (κ2) is 9.07. The van der Waals surface area contributed by atoms with Gasteiger partial charge in [0.05, 0.1) is 16.8 Å². The average Bonchev–Trinajstić information content (AvgIpc) is 3.28. The van der Waals surface area contributed by atoms with Crippen LogP contribution in [0.4, 0.5) is 11.4 Å². The van der Waals surface area contributed by atoms with E-state index in [-0.39, 0.29) is 17.3 Å². The van der Waals surface area contributed by atoms with Gasteiger partial charge in [-0.25, -0.2) is 8.42 Å². The van der Waals surface area contributed by atoms with Gasteiger partial charge in [0.25, 0.3) is 10.0 Å². The Kier molecular flexibility index (Phi) is 6.04. The van der Waals surface area contributed by atoms with Crippen LogP contribution in [0.1, 0.15) is 0 Å². The highest BCUT2D eigenvalue weighted by Crippen LogP contribution is 2.24. The largest absolute Gasteiger partial charge is 0.324 e. The molecule has 0 aliphatic carbocycles. The number of nitrogens with zero attached hydrogens (tertiary/aromatic N) is 3. The monoisotopic (exact) mass is 446 g/mol. The van der Waals surface area contributed by atoms with Gasteiger partial charge in [0.1, 0.15) is 6.54 Å². The van der Waals surface area contributed by atoms with E-state index in [4.69, 9.17) is 0 Å². The summed E-state index contributed by atoms with van der Waals surface area (Å²) in [4.78, 5) is 12.6. The number of aromatic nitrogens is 2. The first-order chi connectivity index (χ1) is 15.4. The second-order valence-electron chi connectivity index (χ2n) is 7.18. The van der Waals surface area contributed by atoms with Crippen molar-refractivity contribution in [3.63, 3.8) is 0 Å². The summed E-state index contributed by atoms with van der Waals surface area (Å²) in [5.41, 5.74) is 2.87. The van der Waals surface area contributed by atoms with Crippen molar-refractivity contribution in [2.24, 2.45) is 0 Å². The third-order valence-electron chi connectivity index (χ3n) is 4.94. The van der Waals surface area contributed by atoms with Crippen LogP contribution in [0, 0.1) is 0 Å². The third kappa shape index (κ3) is 4.70. The number of anilines is 2. The van der Waals surface area contributed by atoms with E-state index in [1.165, 1.54) is 23.5 Å². The standard InChI is InChI=1S/C24H22N4O3S/c1-27(22-12-6-3-7-13-22)32(30,31)23-14-8-11-21(15-23)26-24(29)18-28-17-20(16-25-28)19-9-4-2-5-10-19/h2-17H,18H2,1H3,(H,26,29). The molecule has 1 aromatic heterocycles. The van der Waals surface area contributed by atoms with Crippen LogP contribution in [-0.4, -0.2) is 31.2 Å². The van der Waals surface area contributed by atoms with E-state index in [0.29, 0.717) is 11.4 Å². The summed E-state index contributed by atoms with van der Waals surface area (Å²) in [6.45, 7) is 0.00767. The molecule has 4 aromatic rings. The number of hydrogen-bond donors (Lipinski definition) is 1. The molecular formula is C24H22N4O3S. The summed E-state index contributed by atoms with van der Waals surface area (Å²) in [7, 11) is -2.27. The lowest BCUT2D eigenvalue weighted by Gasteiger charge is -2.19. The molecule has 8 heteroatoms. The minimum atomic E-state index is -3.77. The van der Waals surface area contributed by atoms with Crippen LogP contribution in [0.2, 0.25) is 0 Å². The van der Waals surface area contributed by atoms with Crippen molar-refractivity contribution in [1.29, 1.82) is 0 Å². The number of hydrogen-bond acceptors (Lipinski definition) is 4. The van der Waals surface area contributed by atoms with Crippen LogP contribution < -0.4 is 9.62 Å². The predicted molar refractivity (Wildman–Crippen MR) is 125 cm³/mol. The zero-order valence-electron chi connectivity index (χ0n) is 17.4. The van der Waals surface area contributed by atoms with Crippen molar-refractivity contribution in [3.8, 4) is 11.1 Å². The van der Waals surface area contributed by atoms with Crippen LogP contribution >= 0.6 is 0 Å². The fourth-order valence-corrected chi connectivity index (χ4v) is 4.49. The zero-order chi connectivity index (χ0) is 22.6. The molecule has 0 aliphatic rings. The van der Waals surface area contributed by atoms with Crippen LogP contribution in [0.15, 0.2) is 102 Å². The Morgan fingerprint density at radius 2 is 1.62 bits per heavy atom. The molecule has 162 valence electrons. The van der Waals surface area contributed by atoms with Crippen molar-refractivity contribution in [2.75, 3.05) is 16.7 Å². The van der Waals surface area contributed by atoms with E-state index in [1.807, 2.05) is 36.4 Å². The fourth-order valence-electron chi connectivity index (χ4n) is 3.25.